The first kappa shape index (κ1) is 21.8. The number of nitrogens with one attached hydrogen (secondary N) is 1. The summed E-state index contributed by atoms with van der Waals surface area (Å²) in [4.78, 5) is 1.79. The average Bonchev–Trinajstić information content (AvgIpc) is 3.22. The molecular weight excluding hydrogens is 412 g/mol. The maximum absolute atomic E-state index is 13.0. The zero-order chi connectivity index (χ0) is 21.1. The van der Waals surface area contributed by atoms with Gasteiger partial charge in [0.05, 0.1) is 18.0 Å². The summed E-state index contributed by atoms with van der Waals surface area (Å²) in [5.74, 6) is 0.695. The molecular formula is C20H26N2O5S2. The molecule has 2 aromatic carbocycles. The molecule has 0 aliphatic carbocycles. The van der Waals surface area contributed by atoms with E-state index in [0.29, 0.717) is 5.75 Å². The Morgan fingerprint density at radius 2 is 1.55 bits per heavy atom. The number of hydrogen-bond acceptors (Lipinski definition) is 6. The molecule has 1 N–H and O–H groups in total. The lowest BCUT2D eigenvalue weighted by atomic mass is 10.0. The third-order valence-corrected chi connectivity index (χ3v) is 7.85. The van der Waals surface area contributed by atoms with Crippen molar-refractivity contribution in [1.82, 2.24) is 9.62 Å². The van der Waals surface area contributed by atoms with Crippen molar-refractivity contribution < 1.29 is 21.6 Å². The zero-order valence-corrected chi connectivity index (χ0v) is 18.2. The second-order valence-electron chi connectivity index (χ2n) is 7.07. The second-order valence-corrected chi connectivity index (χ2v) is 10.8. The Bertz CT molecular complexity index is 1060. The van der Waals surface area contributed by atoms with Crippen molar-refractivity contribution in [2.45, 2.75) is 28.7 Å². The van der Waals surface area contributed by atoms with Gasteiger partial charge in [0.15, 0.2) is 9.84 Å². The van der Waals surface area contributed by atoms with E-state index < -0.39 is 19.9 Å². The first-order valence-corrected chi connectivity index (χ1v) is 12.8. The molecule has 1 aliphatic heterocycles. The van der Waals surface area contributed by atoms with Crippen LogP contribution in [0.15, 0.2) is 58.3 Å². The third kappa shape index (κ3) is 4.98. The molecule has 29 heavy (non-hydrogen) atoms. The van der Waals surface area contributed by atoms with E-state index in [1.54, 1.807) is 7.11 Å². The van der Waals surface area contributed by atoms with Crippen molar-refractivity contribution in [2.24, 2.45) is 0 Å². The Labute approximate surface area is 172 Å². The molecule has 3 rings (SSSR count). The van der Waals surface area contributed by atoms with Crippen LogP contribution in [0.1, 0.15) is 24.4 Å². The van der Waals surface area contributed by atoms with E-state index in [-0.39, 0.29) is 22.4 Å². The highest BCUT2D eigenvalue weighted by atomic mass is 32.2. The molecule has 2 aromatic rings. The monoisotopic (exact) mass is 438 g/mol. The molecule has 0 saturated carbocycles. The van der Waals surface area contributed by atoms with Crippen LogP contribution in [0, 0.1) is 0 Å². The summed E-state index contributed by atoms with van der Waals surface area (Å²) in [5.41, 5.74) is 0.899. The van der Waals surface area contributed by atoms with E-state index in [0.717, 1.165) is 37.8 Å². The lowest BCUT2D eigenvalue weighted by Gasteiger charge is -2.29. The highest BCUT2D eigenvalue weighted by Crippen LogP contribution is 2.31. The minimum Gasteiger partial charge on any atom is -0.496 e. The number of hydrogen-bond donors (Lipinski definition) is 1. The molecule has 1 unspecified atom stereocenters. The molecule has 1 heterocycles. The fraction of sp³-hybridized carbons (Fsp3) is 0.400. The number of methoxy groups -OCH3 is 1. The number of sulfone groups is 1. The SMILES string of the molecule is COc1ccccc1C(CNS(=O)(=O)c1ccccc1S(C)(=O)=O)N1CCCC1. The summed E-state index contributed by atoms with van der Waals surface area (Å²) in [6.45, 7) is 1.84. The van der Waals surface area contributed by atoms with Gasteiger partial charge in [0, 0.05) is 18.4 Å². The minimum atomic E-state index is -4.02. The predicted octanol–water partition coefficient (Wildman–Crippen LogP) is 2.21. The van der Waals surface area contributed by atoms with Gasteiger partial charge >= 0.3 is 0 Å². The van der Waals surface area contributed by atoms with Gasteiger partial charge in [-0.3, -0.25) is 4.90 Å². The normalized spacial score (nSPS) is 16.6. The van der Waals surface area contributed by atoms with Crippen molar-refractivity contribution in [3.8, 4) is 5.75 Å². The van der Waals surface area contributed by atoms with Crippen LogP contribution in [0.5, 0.6) is 5.75 Å². The summed E-state index contributed by atoms with van der Waals surface area (Å²) in [7, 11) is -6.12. The first-order chi connectivity index (χ1) is 13.7. The maximum Gasteiger partial charge on any atom is 0.241 e. The van der Waals surface area contributed by atoms with Gasteiger partial charge in [-0.1, -0.05) is 30.3 Å². The fourth-order valence-electron chi connectivity index (χ4n) is 3.68. The van der Waals surface area contributed by atoms with Crippen LogP contribution in [0.4, 0.5) is 0 Å². The van der Waals surface area contributed by atoms with Crippen molar-refractivity contribution in [3.05, 3.63) is 54.1 Å². The number of likely N-dealkylation sites (tertiary alicyclic amines) is 1. The standard InChI is InChI=1S/C20H26N2O5S2/c1-27-18-10-4-3-9-16(18)17(22-13-7-8-14-22)15-21-29(25,26)20-12-6-5-11-19(20)28(2,23)24/h3-6,9-12,17,21H,7-8,13-15H2,1-2H3. The smallest absolute Gasteiger partial charge is 0.241 e. The van der Waals surface area contributed by atoms with Gasteiger partial charge in [-0.05, 0) is 44.1 Å². The van der Waals surface area contributed by atoms with Gasteiger partial charge in [0.2, 0.25) is 10.0 Å². The summed E-state index contributed by atoms with van der Waals surface area (Å²) in [5, 5.41) is 0. The molecule has 0 aromatic heterocycles. The summed E-state index contributed by atoms with van der Waals surface area (Å²) in [6.07, 6.45) is 3.11. The molecule has 0 radical (unpaired) electrons. The Morgan fingerprint density at radius 3 is 2.17 bits per heavy atom. The largest absolute Gasteiger partial charge is 0.496 e. The summed E-state index contributed by atoms with van der Waals surface area (Å²) in [6, 6.07) is 13.0. The lowest BCUT2D eigenvalue weighted by Crippen LogP contribution is -2.37. The highest BCUT2D eigenvalue weighted by molar-refractivity contribution is 7.93. The molecule has 1 atom stereocenters. The highest BCUT2D eigenvalue weighted by Gasteiger charge is 2.29. The van der Waals surface area contributed by atoms with Gasteiger partial charge in [0.25, 0.3) is 0 Å². The second kappa shape index (κ2) is 8.83. The van der Waals surface area contributed by atoms with Crippen LogP contribution in [-0.4, -0.2) is 54.7 Å². The van der Waals surface area contributed by atoms with Gasteiger partial charge in [-0.2, -0.15) is 0 Å². The van der Waals surface area contributed by atoms with Crippen LogP contribution >= 0.6 is 0 Å². The predicted molar refractivity (Wildman–Crippen MR) is 111 cm³/mol. The van der Waals surface area contributed by atoms with Crippen LogP contribution in [0.25, 0.3) is 0 Å². The van der Waals surface area contributed by atoms with Crippen LogP contribution in [0.2, 0.25) is 0 Å². The number of para-hydroxylation sites is 1. The molecule has 9 heteroatoms. The van der Waals surface area contributed by atoms with Crippen LogP contribution < -0.4 is 9.46 Å². The van der Waals surface area contributed by atoms with E-state index >= 15 is 0 Å². The van der Waals surface area contributed by atoms with Crippen molar-refractivity contribution in [1.29, 1.82) is 0 Å². The zero-order valence-electron chi connectivity index (χ0n) is 16.5. The van der Waals surface area contributed by atoms with Crippen molar-refractivity contribution >= 4 is 19.9 Å². The number of benzene rings is 2. The minimum absolute atomic E-state index is 0.112. The lowest BCUT2D eigenvalue weighted by molar-refractivity contribution is 0.240. The third-order valence-electron chi connectivity index (χ3n) is 5.08. The molecule has 158 valence electrons. The Hall–Kier alpha value is -1.94. The van der Waals surface area contributed by atoms with E-state index in [2.05, 4.69) is 9.62 Å². The number of rotatable bonds is 8. The molecule has 0 bridgehead atoms. The molecule has 0 spiro atoms. The first-order valence-electron chi connectivity index (χ1n) is 9.40. The summed E-state index contributed by atoms with van der Waals surface area (Å²) >= 11 is 0. The van der Waals surface area contributed by atoms with E-state index in [9.17, 15) is 16.8 Å². The fourth-order valence-corrected chi connectivity index (χ4v) is 6.34. The molecule has 1 fully saturated rings. The molecule has 7 nitrogen and oxygen atoms in total. The summed E-state index contributed by atoms with van der Waals surface area (Å²) < 4.78 is 58.1. The molecule has 0 amide bonds. The number of nitrogens with zero attached hydrogens (tertiary/aromatic N) is 1. The van der Waals surface area contributed by atoms with Crippen molar-refractivity contribution in [2.75, 3.05) is 33.0 Å². The number of sulfonamides is 1. The quantitative estimate of drug-likeness (QED) is 0.679. The van der Waals surface area contributed by atoms with Crippen LogP contribution in [0.3, 0.4) is 0 Å². The van der Waals surface area contributed by atoms with Gasteiger partial charge in [-0.15, -0.1) is 0 Å². The van der Waals surface area contributed by atoms with Gasteiger partial charge in [-0.25, -0.2) is 21.6 Å². The Morgan fingerprint density at radius 1 is 0.966 bits per heavy atom. The van der Waals surface area contributed by atoms with E-state index in [1.807, 2.05) is 24.3 Å². The maximum atomic E-state index is 13.0. The average molecular weight is 439 g/mol. The van der Waals surface area contributed by atoms with Crippen LogP contribution in [-0.2, 0) is 19.9 Å². The van der Waals surface area contributed by atoms with Gasteiger partial charge < -0.3 is 4.74 Å². The molecule has 1 aliphatic rings. The topological polar surface area (TPSA) is 92.8 Å². The Balaban J connectivity index is 1.92. The van der Waals surface area contributed by atoms with Gasteiger partial charge in [0.1, 0.15) is 10.6 Å². The number of ether oxygens (including phenoxy) is 1. The molecule has 1 saturated heterocycles. The Kier molecular flexibility index (Phi) is 6.62. The van der Waals surface area contributed by atoms with E-state index in [4.69, 9.17) is 4.74 Å². The van der Waals surface area contributed by atoms with Crippen molar-refractivity contribution in [3.63, 3.8) is 0 Å². The van der Waals surface area contributed by atoms with E-state index in [1.165, 1.54) is 24.3 Å².